The largest absolute Gasteiger partial charge is 0.481 e. The van der Waals surface area contributed by atoms with Crippen molar-refractivity contribution < 1.29 is 39.2 Å². The normalized spacial score (nSPS) is 10.5. The van der Waals surface area contributed by atoms with Gasteiger partial charge >= 0.3 is 5.97 Å². The third-order valence-corrected chi connectivity index (χ3v) is 1.11. The molecule has 1 aliphatic rings. The quantitative estimate of drug-likeness (QED) is 0.559. The van der Waals surface area contributed by atoms with Crippen LogP contribution in [-0.2, 0) is 23.9 Å². The number of hydrogen-bond donors (Lipinski definition) is 3. The topological polar surface area (TPSA) is 130 Å². The monoisotopic (exact) mass is 298 g/mol. The maximum atomic E-state index is 9.59. The second-order valence-electron chi connectivity index (χ2n) is 3.05. The van der Waals surface area contributed by atoms with Crippen LogP contribution in [0, 0.1) is 0 Å². The number of carbonyl (C=O) groups excluding carboxylic acids is 1. The van der Waals surface area contributed by atoms with Gasteiger partial charge in [-0.2, -0.15) is 0 Å². The van der Waals surface area contributed by atoms with Gasteiger partial charge in [0.2, 0.25) is 0 Å². The molecule has 3 N–H and O–H groups in total. The molecular weight excluding hydrogens is 272 g/mol. The molecule has 8 nitrogen and oxygen atoms in total. The summed E-state index contributed by atoms with van der Waals surface area (Å²) in [6.45, 7) is 5.53. The number of aliphatic hydroxyl groups excluding tert-OH is 1. The number of hydrogen-bond acceptors (Lipinski definition) is 6. The Morgan fingerprint density at radius 2 is 1.10 bits per heavy atom. The molecule has 0 unspecified atom stereocenters. The Morgan fingerprint density at radius 1 is 0.900 bits per heavy atom. The highest BCUT2D eigenvalue weighted by molar-refractivity contribution is 5.65. The van der Waals surface area contributed by atoms with Crippen LogP contribution in [0.2, 0.25) is 0 Å². The molecule has 0 aromatic heterocycles. The average molecular weight is 298 g/mol. The molecule has 0 aromatic carbocycles. The average Bonchev–Trinajstić information content (AvgIpc) is 2.88. The molecule has 0 bridgehead atoms. The Hall–Kier alpha value is -1.67. The molecule has 1 saturated heterocycles. The van der Waals surface area contributed by atoms with Crippen molar-refractivity contribution >= 4 is 17.9 Å². The molecule has 0 aromatic rings. The van der Waals surface area contributed by atoms with E-state index in [9.17, 15) is 4.79 Å². The number of carboxylic acid groups (broad SMARTS) is 2. The fraction of sp³-hybridized carbons (Fsp3) is 0.750. The molecular formula is C12H26O8. The third-order valence-electron chi connectivity index (χ3n) is 1.11. The van der Waals surface area contributed by atoms with Gasteiger partial charge in [-0.3, -0.25) is 14.4 Å². The summed E-state index contributed by atoms with van der Waals surface area (Å²) in [6, 6.07) is 0. The van der Waals surface area contributed by atoms with Crippen molar-refractivity contribution in [3.63, 3.8) is 0 Å². The second kappa shape index (κ2) is 26.0. The van der Waals surface area contributed by atoms with Crippen LogP contribution >= 0.6 is 0 Å². The Labute approximate surface area is 119 Å². The lowest BCUT2D eigenvalue weighted by Gasteiger charge is -1.80. The van der Waals surface area contributed by atoms with Crippen LogP contribution in [0.4, 0.5) is 0 Å². The summed E-state index contributed by atoms with van der Waals surface area (Å²) in [4.78, 5) is 27.6. The van der Waals surface area contributed by atoms with E-state index in [0.717, 1.165) is 34.2 Å². The van der Waals surface area contributed by atoms with E-state index in [1.54, 1.807) is 0 Å². The van der Waals surface area contributed by atoms with E-state index >= 15 is 0 Å². The standard InChI is InChI=1S/C4H8O.C3H6O2.2C2H4O2.CH4O/c1-2-4-5-3-1;1-3(4)5-2;2*1-2(3)4;1-2/h1-4H2;1-2H3;2*1H3,(H,3,4);2H,1H3. The van der Waals surface area contributed by atoms with Crippen LogP contribution in [0.5, 0.6) is 0 Å². The highest BCUT2D eigenvalue weighted by Gasteiger charge is 1.94. The summed E-state index contributed by atoms with van der Waals surface area (Å²) in [5.74, 6) is -1.91. The first-order chi connectivity index (χ1) is 9.23. The zero-order valence-electron chi connectivity index (χ0n) is 12.7. The van der Waals surface area contributed by atoms with Crippen LogP contribution in [0.25, 0.3) is 0 Å². The van der Waals surface area contributed by atoms with Crippen LogP contribution in [0.3, 0.4) is 0 Å². The van der Waals surface area contributed by atoms with E-state index in [0.29, 0.717) is 0 Å². The summed E-state index contributed by atoms with van der Waals surface area (Å²) in [5, 5.41) is 21.8. The minimum atomic E-state index is -0.833. The first-order valence-electron chi connectivity index (χ1n) is 5.70. The molecule has 1 heterocycles. The zero-order valence-corrected chi connectivity index (χ0v) is 12.7. The second-order valence-corrected chi connectivity index (χ2v) is 3.05. The van der Waals surface area contributed by atoms with Gasteiger partial charge in [-0.25, -0.2) is 0 Å². The van der Waals surface area contributed by atoms with Crippen molar-refractivity contribution in [2.24, 2.45) is 0 Å². The van der Waals surface area contributed by atoms with Gasteiger partial charge < -0.3 is 24.8 Å². The number of aliphatic carboxylic acids is 2. The number of ether oxygens (including phenoxy) is 2. The summed E-state index contributed by atoms with van der Waals surface area (Å²) in [5.41, 5.74) is 0. The third kappa shape index (κ3) is 135. The number of aliphatic hydroxyl groups is 1. The van der Waals surface area contributed by atoms with E-state index in [2.05, 4.69) is 4.74 Å². The number of carbonyl (C=O) groups is 3. The van der Waals surface area contributed by atoms with Crippen LogP contribution in [-0.4, -0.2) is 60.7 Å². The molecule has 0 spiro atoms. The molecule has 1 aliphatic heterocycles. The maximum absolute atomic E-state index is 9.59. The molecule has 122 valence electrons. The molecule has 0 radical (unpaired) electrons. The fourth-order valence-electron chi connectivity index (χ4n) is 0.510. The van der Waals surface area contributed by atoms with Gasteiger partial charge in [-0.15, -0.1) is 0 Å². The zero-order chi connectivity index (χ0) is 17.0. The lowest BCUT2D eigenvalue weighted by atomic mass is 10.4. The van der Waals surface area contributed by atoms with Gasteiger partial charge in [0.25, 0.3) is 11.9 Å². The Morgan fingerprint density at radius 3 is 1.15 bits per heavy atom. The SMILES string of the molecule is C1CCOC1.CC(=O)O.CC(=O)O.CO.COC(C)=O. The van der Waals surface area contributed by atoms with Gasteiger partial charge in [-0.05, 0) is 12.8 Å². The van der Waals surface area contributed by atoms with E-state index in [1.807, 2.05) is 0 Å². The predicted octanol–water partition coefficient (Wildman–Crippen LogP) is 0.766. The van der Waals surface area contributed by atoms with Crippen molar-refractivity contribution in [3.8, 4) is 0 Å². The van der Waals surface area contributed by atoms with Gasteiger partial charge in [0.05, 0.1) is 7.11 Å². The highest BCUT2D eigenvalue weighted by Crippen LogP contribution is 1.98. The molecule has 0 atom stereocenters. The summed E-state index contributed by atoms with van der Waals surface area (Å²) in [7, 11) is 2.35. The number of carboxylic acids is 2. The number of methoxy groups -OCH3 is 1. The van der Waals surface area contributed by atoms with E-state index in [1.165, 1.54) is 26.9 Å². The van der Waals surface area contributed by atoms with Crippen molar-refractivity contribution in [1.82, 2.24) is 0 Å². The summed E-state index contributed by atoms with van der Waals surface area (Å²) < 4.78 is 9.06. The summed E-state index contributed by atoms with van der Waals surface area (Å²) in [6.07, 6.45) is 2.56. The van der Waals surface area contributed by atoms with Crippen LogP contribution in [0.1, 0.15) is 33.6 Å². The molecule has 20 heavy (non-hydrogen) atoms. The molecule has 8 heteroatoms. The minimum Gasteiger partial charge on any atom is -0.481 e. The number of rotatable bonds is 0. The lowest BCUT2D eigenvalue weighted by molar-refractivity contribution is -0.138. The Kier molecular flexibility index (Phi) is 34.9. The van der Waals surface area contributed by atoms with Gasteiger partial charge in [0.15, 0.2) is 0 Å². The van der Waals surface area contributed by atoms with Gasteiger partial charge in [-0.1, -0.05) is 0 Å². The van der Waals surface area contributed by atoms with Crippen molar-refractivity contribution in [2.45, 2.75) is 33.6 Å². The van der Waals surface area contributed by atoms with Crippen molar-refractivity contribution in [2.75, 3.05) is 27.4 Å². The first-order valence-corrected chi connectivity index (χ1v) is 5.70. The van der Waals surface area contributed by atoms with E-state index in [-0.39, 0.29) is 5.97 Å². The maximum Gasteiger partial charge on any atom is 0.302 e. The first kappa shape index (κ1) is 26.8. The van der Waals surface area contributed by atoms with Crippen LogP contribution < -0.4 is 0 Å². The van der Waals surface area contributed by atoms with E-state index in [4.69, 9.17) is 29.6 Å². The fourth-order valence-corrected chi connectivity index (χ4v) is 0.510. The van der Waals surface area contributed by atoms with Gasteiger partial charge in [0, 0.05) is 41.1 Å². The number of esters is 1. The molecule has 0 saturated carbocycles. The molecule has 0 aliphatic carbocycles. The molecule has 1 rings (SSSR count). The molecule has 1 fully saturated rings. The smallest absolute Gasteiger partial charge is 0.302 e. The minimum absolute atomic E-state index is 0.245. The lowest BCUT2D eigenvalue weighted by Crippen LogP contribution is -1.88. The van der Waals surface area contributed by atoms with Gasteiger partial charge in [0.1, 0.15) is 0 Å². The Bertz CT molecular complexity index is 196. The Balaban J connectivity index is -0.0000000824. The highest BCUT2D eigenvalue weighted by atomic mass is 16.5. The van der Waals surface area contributed by atoms with Crippen LogP contribution in [0.15, 0.2) is 0 Å². The molecule has 0 amide bonds. The summed E-state index contributed by atoms with van der Waals surface area (Å²) >= 11 is 0. The predicted molar refractivity (Wildman–Crippen MR) is 72.5 cm³/mol. The van der Waals surface area contributed by atoms with Crippen molar-refractivity contribution in [1.29, 1.82) is 0 Å². The van der Waals surface area contributed by atoms with E-state index < -0.39 is 11.9 Å². The van der Waals surface area contributed by atoms with Crippen molar-refractivity contribution in [3.05, 3.63) is 0 Å².